The average molecular weight is 398 g/mol. The molecule has 0 spiro atoms. The van der Waals surface area contributed by atoms with Gasteiger partial charge in [0, 0.05) is 25.0 Å². The van der Waals surface area contributed by atoms with Crippen LogP contribution in [0, 0.1) is 5.41 Å². The maximum absolute atomic E-state index is 13.4. The van der Waals surface area contributed by atoms with Gasteiger partial charge in [-0.15, -0.1) is 0 Å². The summed E-state index contributed by atoms with van der Waals surface area (Å²) < 4.78 is 0. The normalized spacial score (nSPS) is 25.0. The van der Waals surface area contributed by atoms with Crippen molar-refractivity contribution in [1.82, 2.24) is 25.3 Å². The van der Waals surface area contributed by atoms with Crippen LogP contribution in [0.1, 0.15) is 38.3 Å². The molecule has 2 aliphatic rings. The van der Waals surface area contributed by atoms with Crippen LogP contribution in [-0.2, 0) is 16.0 Å². The first kappa shape index (κ1) is 19.9. The first-order valence-electron chi connectivity index (χ1n) is 10.7. The first-order valence-corrected chi connectivity index (χ1v) is 10.7. The third kappa shape index (κ3) is 3.64. The quantitative estimate of drug-likeness (QED) is 0.808. The largest absolute Gasteiger partial charge is 0.356 e. The molecule has 2 saturated heterocycles. The fourth-order valence-corrected chi connectivity index (χ4v) is 5.02. The molecule has 0 bridgehead atoms. The summed E-state index contributed by atoms with van der Waals surface area (Å²) in [6.07, 6.45) is 3.74. The van der Waals surface area contributed by atoms with E-state index in [0.29, 0.717) is 13.1 Å². The van der Waals surface area contributed by atoms with Gasteiger partial charge in [0.25, 0.3) is 0 Å². The molecule has 2 N–H and O–H groups in total. The minimum absolute atomic E-state index is 0.0754. The Kier molecular flexibility index (Phi) is 5.58. The Hall–Kier alpha value is -2.41. The number of rotatable bonds is 5. The van der Waals surface area contributed by atoms with Crippen molar-refractivity contribution in [3.05, 3.63) is 30.0 Å². The van der Waals surface area contributed by atoms with E-state index >= 15 is 0 Å². The van der Waals surface area contributed by atoms with Gasteiger partial charge < -0.3 is 15.1 Å². The second-order valence-electron chi connectivity index (χ2n) is 8.53. The van der Waals surface area contributed by atoms with Crippen molar-refractivity contribution in [3.63, 3.8) is 0 Å². The fraction of sp³-hybridized carbons (Fsp3) is 0.591. The van der Waals surface area contributed by atoms with E-state index in [4.69, 9.17) is 0 Å². The molecule has 4 rings (SSSR count). The van der Waals surface area contributed by atoms with Crippen molar-refractivity contribution in [2.75, 3.05) is 33.2 Å². The number of aromatic nitrogens is 2. The summed E-state index contributed by atoms with van der Waals surface area (Å²) >= 11 is 0. The summed E-state index contributed by atoms with van der Waals surface area (Å²) in [5, 5.41) is 11.5. The molecule has 1 aromatic carbocycles. The topological polar surface area (TPSA) is 81.3 Å². The van der Waals surface area contributed by atoms with Gasteiger partial charge in [0.1, 0.15) is 0 Å². The Morgan fingerprint density at radius 2 is 2.10 bits per heavy atom. The highest BCUT2D eigenvalue weighted by Gasteiger charge is 2.53. The van der Waals surface area contributed by atoms with Crippen molar-refractivity contribution >= 4 is 22.7 Å². The molecule has 0 unspecified atom stereocenters. The van der Waals surface area contributed by atoms with Gasteiger partial charge in [-0.1, -0.05) is 25.1 Å². The number of nitrogens with zero attached hydrogens (tertiary/aromatic N) is 3. The van der Waals surface area contributed by atoms with Gasteiger partial charge in [-0.25, -0.2) is 0 Å². The zero-order valence-corrected chi connectivity index (χ0v) is 17.4. The summed E-state index contributed by atoms with van der Waals surface area (Å²) in [4.78, 5) is 30.8. The van der Waals surface area contributed by atoms with Crippen LogP contribution in [-0.4, -0.2) is 71.1 Å². The van der Waals surface area contributed by atoms with E-state index in [1.807, 2.05) is 29.2 Å². The molecule has 7 heteroatoms. The minimum atomic E-state index is -0.467. The number of fused-ring (bicyclic) bond motifs is 2. The SMILES string of the molecule is CCCNC(=O)[C@@]12CCCN(C(=O)Cc3[nH]nc4ccccc34)[C@H]1CN(C)CC2. The van der Waals surface area contributed by atoms with Gasteiger partial charge in [0.2, 0.25) is 11.8 Å². The molecular formula is C22H31N5O2. The maximum Gasteiger partial charge on any atom is 0.228 e. The van der Waals surface area contributed by atoms with Crippen molar-refractivity contribution < 1.29 is 9.59 Å². The van der Waals surface area contributed by atoms with E-state index in [9.17, 15) is 9.59 Å². The second kappa shape index (κ2) is 8.14. The Balaban J connectivity index is 1.58. The summed E-state index contributed by atoms with van der Waals surface area (Å²) in [5.74, 6) is 0.203. The lowest BCUT2D eigenvalue weighted by Gasteiger charge is -2.53. The van der Waals surface area contributed by atoms with Crippen molar-refractivity contribution in [3.8, 4) is 0 Å². The lowest BCUT2D eigenvalue weighted by Crippen LogP contribution is -2.66. The third-order valence-corrected chi connectivity index (χ3v) is 6.64. The van der Waals surface area contributed by atoms with Gasteiger partial charge in [0.15, 0.2) is 0 Å². The van der Waals surface area contributed by atoms with E-state index < -0.39 is 5.41 Å². The number of H-pyrrole nitrogens is 1. The molecule has 2 aliphatic heterocycles. The van der Waals surface area contributed by atoms with Crippen molar-refractivity contribution in [2.24, 2.45) is 5.41 Å². The van der Waals surface area contributed by atoms with Crippen LogP contribution in [0.2, 0.25) is 0 Å². The predicted molar refractivity (Wildman–Crippen MR) is 112 cm³/mol. The zero-order valence-electron chi connectivity index (χ0n) is 17.4. The average Bonchev–Trinajstić information content (AvgIpc) is 3.14. The summed E-state index contributed by atoms with van der Waals surface area (Å²) in [7, 11) is 2.08. The van der Waals surface area contributed by atoms with Crippen LogP contribution in [0.15, 0.2) is 24.3 Å². The lowest BCUT2D eigenvalue weighted by atomic mass is 9.67. The van der Waals surface area contributed by atoms with E-state index in [1.54, 1.807) is 0 Å². The molecule has 2 aromatic rings. The number of amides is 2. The van der Waals surface area contributed by atoms with E-state index in [2.05, 4.69) is 34.4 Å². The molecule has 156 valence electrons. The molecule has 29 heavy (non-hydrogen) atoms. The maximum atomic E-state index is 13.4. The number of likely N-dealkylation sites (N-methyl/N-ethyl adjacent to an activating group) is 1. The first-order chi connectivity index (χ1) is 14.0. The lowest BCUT2D eigenvalue weighted by molar-refractivity contribution is -0.153. The number of hydrogen-bond acceptors (Lipinski definition) is 4. The zero-order chi connectivity index (χ0) is 20.4. The molecule has 0 saturated carbocycles. The second-order valence-corrected chi connectivity index (χ2v) is 8.53. The van der Waals surface area contributed by atoms with Gasteiger partial charge in [0.05, 0.1) is 29.1 Å². The Morgan fingerprint density at radius 3 is 2.93 bits per heavy atom. The smallest absolute Gasteiger partial charge is 0.228 e. The molecule has 0 radical (unpaired) electrons. The number of carbonyl (C=O) groups excluding carboxylic acids is 2. The van der Waals surface area contributed by atoms with Gasteiger partial charge >= 0.3 is 0 Å². The van der Waals surface area contributed by atoms with Crippen molar-refractivity contribution in [2.45, 2.75) is 45.1 Å². The third-order valence-electron chi connectivity index (χ3n) is 6.64. The van der Waals surface area contributed by atoms with Crippen LogP contribution >= 0.6 is 0 Å². The molecule has 1 aromatic heterocycles. The highest BCUT2D eigenvalue weighted by atomic mass is 16.2. The minimum Gasteiger partial charge on any atom is -0.356 e. The van der Waals surface area contributed by atoms with E-state index in [0.717, 1.165) is 55.4 Å². The molecular weight excluding hydrogens is 366 g/mol. The van der Waals surface area contributed by atoms with Crippen molar-refractivity contribution in [1.29, 1.82) is 0 Å². The monoisotopic (exact) mass is 397 g/mol. The molecule has 0 aliphatic carbocycles. The molecule has 7 nitrogen and oxygen atoms in total. The highest BCUT2D eigenvalue weighted by Crippen LogP contribution is 2.42. The van der Waals surface area contributed by atoms with E-state index in [-0.39, 0.29) is 24.3 Å². The standard InChI is InChI=1S/C22H31N5O2/c1-3-11-23-21(29)22-9-6-12-27(19(22)15-26(2)13-10-22)20(28)14-18-16-7-4-5-8-17(16)24-25-18/h4-5,7-8,19H,3,6,9-15H2,1-2H3,(H,23,29)(H,24,25)/t19-,22+/m0/s1. The predicted octanol–water partition coefficient (Wildman–Crippen LogP) is 1.94. The van der Waals surface area contributed by atoms with E-state index in [1.165, 1.54) is 0 Å². The van der Waals surface area contributed by atoms with Gasteiger partial charge in [-0.2, -0.15) is 5.10 Å². The van der Waals surface area contributed by atoms with Crippen LogP contribution in [0.5, 0.6) is 0 Å². The van der Waals surface area contributed by atoms with Crippen LogP contribution in [0.4, 0.5) is 0 Å². The Bertz CT molecular complexity index is 894. The summed E-state index contributed by atoms with van der Waals surface area (Å²) in [6.45, 7) is 5.11. The fourth-order valence-electron chi connectivity index (χ4n) is 5.02. The highest BCUT2D eigenvalue weighted by molar-refractivity contribution is 5.89. The number of likely N-dealkylation sites (tertiary alicyclic amines) is 2. The molecule has 3 heterocycles. The Morgan fingerprint density at radius 1 is 1.28 bits per heavy atom. The number of aromatic amines is 1. The number of carbonyl (C=O) groups is 2. The van der Waals surface area contributed by atoms with Crippen LogP contribution in [0.3, 0.4) is 0 Å². The van der Waals surface area contributed by atoms with Gasteiger partial charge in [-0.3, -0.25) is 14.7 Å². The molecule has 2 fully saturated rings. The number of piperidine rings is 2. The van der Waals surface area contributed by atoms with Crippen LogP contribution < -0.4 is 5.32 Å². The number of benzene rings is 1. The summed E-state index contributed by atoms with van der Waals surface area (Å²) in [6, 6.07) is 7.77. The van der Waals surface area contributed by atoms with Gasteiger partial charge in [-0.05, 0) is 45.3 Å². The Labute approximate surface area is 171 Å². The molecule has 2 atom stereocenters. The van der Waals surface area contributed by atoms with Crippen LogP contribution in [0.25, 0.3) is 10.9 Å². The summed E-state index contributed by atoms with van der Waals surface area (Å²) in [5.41, 5.74) is 1.26. The number of nitrogens with one attached hydrogen (secondary N) is 2. The number of hydrogen-bond donors (Lipinski definition) is 2. The molecule has 2 amide bonds. The number of para-hydroxylation sites is 1.